The van der Waals surface area contributed by atoms with E-state index in [4.69, 9.17) is 5.73 Å². The molecule has 1 aliphatic carbocycles. The zero-order valence-corrected chi connectivity index (χ0v) is 8.34. The van der Waals surface area contributed by atoms with Gasteiger partial charge in [0.1, 0.15) is 0 Å². The molecule has 0 aromatic rings. The molecule has 0 spiro atoms. The zero-order chi connectivity index (χ0) is 9.84. The number of amides is 2. The standard InChI is InChI=1S/C9H19N3O/c1-6(10)5-7(2)11-9(13)12-8-3-4-8/h6-8H,3-5,10H2,1-2H3,(H2,11,12,13). The lowest BCUT2D eigenvalue weighted by Crippen LogP contribution is -2.43. The Hall–Kier alpha value is -0.770. The van der Waals surface area contributed by atoms with Crippen molar-refractivity contribution in [3.8, 4) is 0 Å². The molecule has 76 valence electrons. The maximum Gasteiger partial charge on any atom is 0.315 e. The number of hydrogen-bond donors (Lipinski definition) is 3. The SMILES string of the molecule is CC(N)CC(C)NC(=O)NC1CC1. The van der Waals surface area contributed by atoms with Crippen LogP contribution < -0.4 is 16.4 Å². The topological polar surface area (TPSA) is 67.1 Å². The minimum Gasteiger partial charge on any atom is -0.336 e. The quantitative estimate of drug-likeness (QED) is 0.599. The van der Waals surface area contributed by atoms with Gasteiger partial charge in [-0.3, -0.25) is 0 Å². The highest BCUT2D eigenvalue weighted by molar-refractivity contribution is 5.74. The Kier molecular flexibility index (Phi) is 3.54. The van der Waals surface area contributed by atoms with E-state index < -0.39 is 0 Å². The minimum atomic E-state index is -0.0596. The second-order valence-corrected chi connectivity index (χ2v) is 4.01. The van der Waals surface area contributed by atoms with E-state index in [0.29, 0.717) is 6.04 Å². The molecule has 2 amide bonds. The van der Waals surface area contributed by atoms with Crippen molar-refractivity contribution in [2.24, 2.45) is 5.73 Å². The molecule has 0 bridgehead atoms. The summed E-state index contributed by atoms with van der Waals surface area (Å²) in [6.45, 7) is 3.91. The third-order valence-corrected chi connectivity index (χ3v) is 2.02. The average Bonchev–Trinajstić information content (AvgIpc) is 2.67. The van der Waals surface area contributed by atoms with Crippen LogP contribution in [-0.2, 0) is 0 Å². The molecule has 0 heterocycles. The molecule has 0 aromatic carbocycles. The molecule has 1 fully saturated rings. The lowest BCUT2D eigenvalue weighted by molar-refractivity contribution is 0.236. The normalized spacial score (nSPS) is 20.5. The van der Waals surface area contributed by atoms with Gasteiger partial charge >= 0.3 is 6.03 Å². The van der Waals surface area contributed by atoms with Crippen LogP contribution in [0.2, 0.25) is 0 Å². The van der Waals surface area contributed by atoms with E-state index >= 15 is 0 Å². The van der Waals surface area contributed by atoms with E-state index in [9.17, 15) is 4.79 Å². The summed E-state index contributed by atoms with van der Waals surface area (Å²) in [6, 6.07) is 0.646. The van der Waals surface area contributed by atoms with Crippen LogP contribution in [0.4, 0.5) is 4.79 Å². The van der Waals surface area contributed by atoms with Crippen molar-refractivity contribution in [1.82, 2.24) is 10.6 Å². The van der Waals surface area contributed by atoms with Crippen LogP contribution >= 0.6 is 0 Å². The van der Waals surface area contributed by atoms with Crippen molar-refractivity contribution < 1.29 is 4.79 Å². The first kappa shape index (κ1) is 10.3. The highest BCUT2D eigenvalue weighted by Crippen LogP contribution is 2.18. The number of nitrogens with two attached hydrogens (primary N) is 1. The lowest BCUT2D eigenvalue weighted by atomic mass is 10.1. The van der Waals surface area contributed by atoms with Gasteiger partial charge in [-0.05, 0) is 33.1 Å². The molecule has 4 nitrogen and oxygen atoms in total. The molecule has 1 rings (SSSR count). The first-order valence-electron chi connectivity index (χ1n) is 4.90. The molecule has 13 heavy (non-hydrogen) atoms. The maximum absolute atomic E-state index is 11.2. The van der Waals surface area contributed by atoms with Gasteiger partial charge in [0.05, 0.1) is 0 Å². The third-order valence-electron chi connectivity index (χ3n) is 2.02. The van der Waals surface area contributed by atoms with Crippen molar-refractivity contribution in [2.45, 2.75) is 51.2 Å². The summed E-state index contributed by atoms with van der Waals surface area (Å²) in [4.78, 5) is 11.2. The fourth-order valence-electron chi connectivity index (χ4n) is 1.30. The van der Waals surface area contributed by atoms with Gasteiger partial charge in [-0.15, -0.1) is 0 Å². The molecule has 2 atom stereocenters. The molecule has 4 heteroatoms. The number of carbonyl (C=O) groups is 1. The van der Waals surface area contributed by atoms with Gasteiger partial charge in [-0.1, -0.05) is 0 Å². The van der Waals surface area contributed by atoms with Crippen LogP contribution in [0.25, 0.3) is 0 Å². The zero-order valence-electron chi connectivity index (χ0n) is 8.34. The molecule has 0 aliphatic heterocycles. The smallest absolute Gasteiger partial charge is 0.315 e. The van der Waals surface area contributed by atoms with E-state index in [2.05, 4.69) is 10.6 Å². The minimum absolute atomic E-state index is 0.0596. The summed E-state index contributed by atoms with van der Waals surface area (Å²) in [5.41, 5.74) is 5.61. The maximum atomic E-state index is 11.2. The van der Waals surface area contributed by atoms with Gasteiger partial charge < -0.3 is 16.4 Å². The number of urea groups is 1. The number of rotatable bonds is 4. The predicted octanol–water partition coefficient (Wildman–Crippen LogP) is 0.574. The molecule has 0 aromatic heterocycles. The summed E-state index contributed by atoms with van der Waals surface area (Å²) < 4.78 is 0. The van der Waals surface area contributed by atoms with E-state index in [1.165, 1.54) is 0 Å². The summed E-state index contributed by atoms with van der Waals surface area (Å²) >= 11 is 0. The molecule has 2 unspecified atom stereocenters. The Morgan fingerprint density at radius 2 is 2.15 bits per heavy atom. The van der Waals surface area contributed by atoms with Gasteiger partial charge in [-0.2, -0.15) is 0 Å². The van der Waals surface area contributed by atoms with Crippen LogP contribution in [0.3, 0.4) is 0 Å². The van der Waals surface area contributed by atoms with Crippen LogP contribution in [-0.4, -0.2) is 24.2 Å². The van der Waals surface area contributed by atoms with Crippen LogP contribution in [0.5, 0.6) is 0 Å². The van der Waals surface area contributed by atoms with Crippen LogP contribution in [0, 0.1) is 0 Å². The molecule has 1 saturated carbocycles. The Labute approximate surface area is 79.3 Å². The second kappa shape index (κ2) is 4.46. The highest BCUT2D eigenvalue weighted by atomic mass is 16.2. The summed E-state index contributed by atoms with van der Waals surface area (Å²) in [6.07, 6.45) is 3.06. The first-order chi connectivity index (χ1) is 6.08. The molecular weight excluding hydrogens is 166 g/mol. The fourth-order valence-corrected chi connectivity index (χ4v) is 1.30. The molecular formula is C9H19N3O. The summed E-state index contributed by atoms with van der Waals surface area (Å²) in [5.74, 6) is 0. The highest BCUT2D eigenvalue weighted by Gasteiger charge is 2.23. The van der Waals surface area contributed by atoms with Crippen molar-refractivity contribution in [3.63, 3.8) is 0 Å². The molecule has 4 N–H and O–H groups in total. The lowest BCUT2D eigenvalue weighted by Gasteiger charge is -2.16. The van der Waals surface area contributed by atoms with Gasteiger partial charge in [0.2, 0.25) is 0 Å². The van der Waals surface area contributed by atoms with Crippen LogP contribution in [0.15, 0.2) is 0 Å². The molecule has 0 saturated heterocycles. The van der Waals surface area contributed by atoms with Gasteiger partial charge in [0.25, 0.3) is 0 Å². The number of nitrogens with one attached hydrogen (secondary N) is 2. The van der Waals surface area contributed by atoms with Gasteiger partial charge in [0, 0.05) is 18.1 Å². The Bertz CT molecular complexity index is 178. The second-order valence-electron chi connectivity index (χ2n) is 4.01. The summed E-state index contributed by atoms with van der Waals surface area (Å²) in [5, 5.41) is 5.72. The van der Waals surface area contributed by atoms with E-state index in [0.717, 1.165) is 19.3 Å². The predicted molar refractivity (Wildman–Crippen MR) is 52.4 cm³/mol. The van der Waals surface area contributed by atoms with Crippen molar-refractivity contribution in [3.05, 3.63) is 0 Å². The van der Waals surface area contributed by atoms with E-state index in [1.54, 1.807) is 0 Å². The largest absolute Gasteiger partial charge is 0.336 e. The Morgan fingerprint density at radius 3 is 2.62 bits per heavy atom. The molecule has 0 radical (unpaired) electrons. The monoisotopic (exact) mass is 185 g/mol. The Morgan fingerprint density at radius 1 is 1.54 bits per heavy atom. The van der Waals surface area contributed by atoms with Crippen molar-refractivity contribution in [2.75, 3.05) is 0 Å². The summed E-state index contributed by atoms with van der Waals surface area (Å²) in [7, 11) is 0. The van der Waals surface area contributed by atoms with E-state index in [1.807, 2.05) is 13.8 Å². The van der Waals surface area contributed by atoms with Crippen molar-refractivity contribution >= 4 is 6.03 Å². The Balaban J connectivity index is 2.10. The molecule has 1 aliphatic rings. The van der Waals surface area contributed by atoms with E-state index in [-0.39, 0.29) is 18.1 Å². The first-order valence-corrected chi connectivity index (χ1v) is 4.90. The van der Waals surface area contributed by atoms with Gasteiger partial charge in [-0.25, -0.2) is 4.79 Å². The van der Waals surface area contributed by atoms with Crippen LogP contribution in [0.1, 0.15) is 33.1 Å². The van der Waals surface area contributed by atoms with Crippen molar-refractivity contribution in [1.29, 1.82) is 0 Å². The number of carbonyl (C=O) groups excluding carboxylic acids is 1. The third kappa shape index (κ3) is 4.72. The van der Waals surface area contributed by atoms with Gasteiger partial charge in [0.15, 0.2) is 0 Å². The fraction of sp³-hybridized carbons (Fsp3) is 0.889. The average molecular weight is 185 g/mol. The number of hydrogen-bond acceptors (Lipinski definition) is 2.